The third kappa shape index (κ3) is 3.78. The molecule has 1 aromatic rings. The standard InChI is InChI=1S/C15H27N3O2S/c1-5-6-12-13(9-15(2,3)4)17-18(14(12)16)11-7-8-21(19,20)10-11/h11H,5-10,16H2,1-4H3. The predicted molar refractivity (Wildman–Crippen MR) is 86.1 cm³/mol. The van der Waals surface area contributed by atoms with Crippen LogP contribution in [0.1, 0.15) is 57.8 Å². The van der Waals surface area contributed by atoms with E-state index < -0.39 is 9.84 Å². The van der Waals surface area contributed by atoms with E-state index >= 15 is 0 Å². The van der Waals surface area contributed by atoms with Gasteiger partial charge in [-0.3, -0.25) is 0 Å². The van der Waals surface area contributed by atoms with E-state index in [1.54, 1.807) is 4.68 Å². The molecule has 2 heterocycles. The highest BCUT2D eigenvalue weighted by molar-refractivity contribution is 7.91. The summed E-state index contributed by atoms with van der Waals surface area (Å²) >= 11 is 0. The van der Waals surface area contributed by atoms with Crippen LogP contribution >= 0.6 is 0 Å². The zero-order chi connectivity index (χ0) is 15.8. The van der Waals surface area contributed by atoms with E-state index in [0.29, 0.717) is 12.2 Å². The maximum Gasteiger partial charge on any atom is 0.152 e. The summed E-state index contributed by atoms with van der Waals surface area (Å²) in [6, 6.07) is -0.0978. The number of aromatic nitrogens is 2. The Morgan fingerprint density at radius 2 is 2.05 bits per heavy atom. The van der Waals surface area contributed by atoms with E-state index in [2.05, 4.69) is 32.8 Å². The fraction of sp³-hybridized carbons (Fsp3) is 0.800. The van der Waals surface area contributed by atoms with Gasteiger partial charge in [-0.2, -0.15) is 5.10 Å². The zero-order valence-electron chi connectivity index (χ0n) is 13.5. The quantitative estimate of drug-likeness (QED) is 0.925. The maximum absolute atomic E-state index is 11.7. The molecule has 2 N–H and O–H groups in total. The first-order valence-corrected chi connectivity index (χ1v) is 9.51. The van der Waals surface area contributed by atoms with Crippen molar-refractivity contribution in [2.45, 2.75) is 59.4 Å². The molecule has 1 fully saturated rings. The van der Waals surface area contributed by atoms with Crippen LogP contribution in [0.4, 0.5) is 5.82 Å². The van der Waals surface area contributed by atoms with Crippen molar-refractivity contribution in [3.63, 3.8) is 0 Å². The molecule has 1 aliphatic rings. The molecule has 2 rings (SSSR count). The number of anilines is 1. The molecule has 0 saturated carbocycles. The van der Waals surface area contributed by atoms with Crippen molar-refractivity contribution in [3.05, 3.63) is 11.3 Å². The highest BCUT2D eigenvalue weighted by Gasteiger charge is 2.32. The first-order valence-electron chi connectivity index (χ1n) is 7.69. The lowest BCUT2D eigenvalue weighted by Crippen LogP contribution is -2.15. The molecule has 6 heteroatoms. The monoisotopic (exact) mass is 313 g/mol. The van der Waals surface area contributed by atoms with E-state index in [4.69, 9.17) is 5.73 Å². The first-order chi connectivity index (χ1) is 9.63. The van der Waals surface area contributed by atoms with Crippen LogP contribution in [0.15, 0.2) is 0 Å². The van der Waals surface area contributed by atoms with Crippen LogP contribution in [-0.4, -0.2) is 29.7 Å². The van der Waals surface area contributed by atoms with Crippen LogP contribution in [0.25, 0.3) is 0 Å². The minimum atomic E-state index is -2.93. The lowest BCUT2D eigenvalue weighted by Gasteiger charge is -2.17. The molecule has 1 aromatic heterocycles. The average Bonchev–Trinajstić information content (AvgIpc) is 2.81. The second-order valence-electron chi connectivity index (χ2n) is 7.30. The summed E-state index contributed by atoms with van der Waals surface area (Å²) in [6.07, 6.45) is 3.39. The highest BCUT2D eigenvalue weighted by Crippen LogP contribution is 2.31. The molecular weight excluding hydrogens is 286 g/mol. The van der Waals surface area contributed by atoms with E-state index in [1.807, 2.05) is 0 Å². The first kappa shape index (κ1) is 16.3. The van der Waals surface area contributed by atoms with Gasteiger partial charge in [0.15, 0.2) is 9.84 Å². The van der Waals surface area contributed by atoms with Gasteiger partial charge in [-0.25, -0.2) is 13.1 Å². The Hall–Kier alpha value is -1.04. The van der Waals surface area contributed by atoms with Gasteiger partial charge in [-0.05, 0) is 24.7 Å². The van der Waals surface area contributed by atoms with Gasteiger partial charge in [-0.1, -0.05) is 34.1 Å². The Morgan fingerprint density at radius 1 is 1.38 bits per heavy atom. The van der Waals surface area contributed by atoms with Crippen molar-refractivity contribution in [2.75, 3.05) is 17.2 Å². The molecular formula is C15H27N3O2S. The molecule has 1 atom stereocenters. The summed E-state index contributed by atoms with van der Waals surface area (Å²) in [5.74, 6) is 1.08. The topological polar surface area (TPSA) is 78.0 Å². The predicted octanol–water partition coefficient (Wildman–Crippen LogP) is 2.37. The minimum absolute atomic E-state index is 0.0978. The number of nitrogens with two attached hydrogens (primary N) is 1. The van der Waals surface area contributed by atoms with Gasteiger partial charge < -0.3 is 5.73 Å². The van der Waals surface area contributed by atoms with Gasteiger partial charge in [0.25, 0.3) is 0 Å². The second kappa shape index (κ2) is 5.63. The fourth-order valence-corrected chi connectivity index (χ4v) is 4.64. The van der Waals surface area contributed by atoms with Gasteiger partial charge in [-0.15, -0.1) is 0 Å². The summed E-state index contributed by atoms with van der Waals surface area (Å²) < 4.78 is 25.2. The number of hydrogen-bond acceptors (Lipinski definition) is 4. The molecule has 21 heavy (non-hydrogen) atoms. The Labute approximate surface area is 127 Å². The number of sulfone groups is 1. The Kier molecular flexibility index (Phi) is 4.38. The van der Waals surface area contributed by atoms with Crippen molar-refractivity contribution in [3.8, 4) is 0 Å². The second-order valence-corrected chi connectivity index (χ2v) is 9.53. The Bertz CT molecular complexity index is 612. The van der Waals surface area contributed by atoms with Crippen molar-refractivity contribution >= 4 is 15.7 Å². The van der Waals surface area contributed by atoms with Crippen molar-refractivity contribution in [1.82, 2.24) is 9.78 Å². The van der Waals surface area contributed by atoms with Crippen LogP contribution in [0.2, 0.25) is 0 Å². The molecule has 0 spiro atoms. The van der Waals surface area contributed by atoms with Gasteiger partial charge in [0.2, 0.25) is 0 Å². The summed E-state index contributed by atoms with van der Waals surface area (Å²) in [7, 11) is -2.93. The summed E-state index contributed by atoms with van der Waals surface area (Å²) in [5.41, 5.74) is 8.56. The maximum atomic E-state index is 11.7. The van der Waals surface area contributed by atoms with E-state index in [9.17, 15) is 8.42 Å². The largest absolute Gasteiger partial charge is 0.384 e. The van der Waals surface area contributed by atoms with E-state index in [1.165, 1.54) is 0 Å². The number of hydrogen-bond donors (Lipinski definition) is 1. The number of rotatable bonds is 4. The van der Waals surface area contributed by atoms with Gasteiger partial charge >= 0.3 is 0 Å². The molecule has 1 saturated heterocycles. The van der Waals surface area contributed by atoms with Crippen LogP contribution in [0.3, 0.4) is 0 Å². The fourth-order valence-electron chi connectivity index (χ4n) is 2.94. The Balaban J connectivity index is 2.37. The van der Waals surface area contributed by atoms with E-state index in [0.717, 1.165) is 30.5 Å². The van der Waals surface area contributed by atoms with Gasteiger partial charge in [0.05, 0.1) is 23.2 Å². The van der Waals surface area contributed by atoms with Crippen molar-refractivity contribution < 1.29 is 8.42 Å². The minimum Gasteiger partial charge on any atom is -0.384 e. The van der Waals surface area contributed by atoms with Crippen LogP contribution < -0.4 is 5.73 Å². The van der Waals surface area contributed by atoms with Crippen molar-refractivity contribution in [1.29, 1.82) is 0 Å². The van der Waals surface area contributed by atoms with Gasteiger partial charge in [0, 0.05) is 5.56 Å². The number of nitrogens with zero attached hydrogens (tertiary/aromatic N) is 2. The van der Waals surface area contributed by atoms with Crippen molar-refractivity contribution in [2.24, 2.45) is 5.41 Å². The average molecular weight is 313 g/mol. The summed E-state index contributed by atoms with van der Waals surface area (Å²) in [6.45, 7) is 8.66. The summed E-state index contributed by atoms with van der Waals surface area (Å²) in [5, 5.41) is 4.69. The lowest BCUT2D eigenvalue weighted by atomic mass is 9.89. The molecule has 1 aliphatic heterocycles. The molecule has 0 bridgehead atoms. The SMILES string of the molecule is CCCc1c(CC(C)(C)C)nn(C2CCS(=O)(=O)C2)c1N. The number of nitrogen functional groups attached to an aromatic ring is 1. The molecule has 0 radical (unpaired) electrons. The van der Waals surface area contributed by atoms with E-state index in [-0.39, 0.29) is 23.0 Å². The van der Waals surface area contributed by atoms with Crippen LogP contribution in [0, 0.1) is 5.41 Å². The summed E-state index contributed by atoms with van der Waals surface area (Å²) in [4.78, 5) is 0. The van der Waals surface area contributed by atoms with Gasteiger partial charge in [0.1, 0.15) is 5.82 Å². The van der Waals surface area contributed by atoms with Crippen LogP contribution in [0.5, 0.6) is 0 Å². The molecule has 0 aromatic carbocycles. The zero-order valence-corrected chi connectivity index (χ0v) is 14.3. The molecule has 0 aliphatic carbocycles. The molecule has 0 amide bonds. The van der Waals surface area contributed by atoms with Crippen LogP contribution in [-0.2, 0) is 22.7 Å². The molecule has 1 unspecified atom stereocenters. The smallest absolute Gasteiger partial charge is 0.152 e. The normalized spacial score (nSPS) is 21.8. The molecule has 120 valence electrons. The molecule has 5 nitrogen and oxygen atoms in total. The third-order valence-electron chi connectivity index (χ3n) is 3.88. The highest BCUT2D eigenvalue weighted by atomic mass is 32.2. The Morgan fingerprint density at radius 3 is 2.52 bits per heavy atom. The third-order valence-corrected chi connectivity index (χ3v) is 5.64. The lowest BCUT2D eigenvalue weighted by molar-refractivity contribution is 0.398.